The van der Waals surface area contributed by atoms with Crippen molar-refractivity contribution in [3.05, 3.63) is 54.4 Å². The molecule has 0 spiro atoms. The highest BCUT2D eigenvalue weighted by molar-refractivity contribution is 5.74. The standard InChI is InChI=1S/C25H30N4O2/c1-16-12-18(10-11-26-16)17-6-7-20(22(30)13-17)21-8-9-23(28-27-21)31-19-14-24(2,3)29-25(4,5)15-19/h6-13,19,29-30H,14-15H2,1-5H3. The van der Waals surface area contributed by atoms with Crippen LogP contribution in [0.3, 0.4) is 0 Å². The summed E-state index contributed by atoms with van der Waals surface area (Å²) in [6.07, 6.45) is 3.64. The first-order chi connectivity index (χ1) is 14.6. The number of aromatic nitrogens is 3. The van der Waals surface area contributed by atoms with Crippen LogP contribution in [0.4, 0.5) is 0 Å². The van der Waals surface area contributed by atoms with Crippen LogP contribution in [-0.4, -0.2) is 37.5 Å². The van der Waals surface area contributed by atoms with E-state index in [1.807, 2.05) is 43.3 Å². The summed E-state index contributed by atoms with van der Waals surface area (Å²) in [5.41, 5.74) is 4.11. The van der Waals surface area contributed by atoms with Crippen molar-refractivity contribution in [1.82, 2.24) is 20.5 Å². The molecule has 0 saturated carbocycles. The lowest BCUT2D eigenvalue weighted by Crippen LogP contribution is -2.60. The van der Waals surface area contributed by atoms with Gasteiger partial charge in [0.1, 0.15) is 11.9 Å². The van der Waals surface area contributed by atoms with Crippen molar-refractivity contribution in [3.8, 4) is 34.0 Å². The Labute approximate surface area is 183 Å². The van der Waals surface area contributed by atoms with Gasteiger partial charge in [-0.25, -0.2) is 0 Å². The second-order valence-corrected chi connectivity index (χ2v) is 9.72. The van der Waals surface area contributed by atoms with Crippen molar-refractivity contribution in [2.45, 2.75) is 64.6 Å². The zero-order valence-electron chi connectivity index (χ0n) is 18.8. The molecule has 6 heteroatoms. The second kappa shape index (κ2) is 7.93. The van der Waals surface area contributed by atoms with Gasteiger partial charge in [0.2, 0.25) is 5.88 Å². The van der Waals surface area contributed by atoms with Crippen LogP contribution in [0.1, 0.15) is 46.2 Å². The predicted molar refractivity (Wildman–Crippen MR) is 122 cm³/mol. The molecule has 1 aliphatic heterocycles. The molecule has 31 heavy (non-hydrogen) atoms. The molecule has 0 radical (unpaired) electrons. The largest absolute Gasteiger partial charge is 0.507 e. The lowest BCUT2D eigenvalue weighted by molar-refractivity contribution is 0.0524. The van der Waals surface area contributed by atoms with Gasteiger partial charge in [-0.1, -0.05) is 6.07 Å². The first-order valence-corrected chi connectivity index (χ1v) is 10.7. The van der Waals surface area contributed by atoms with Gasteiger partial charge >= 0.3 is 0 Å². The number of aromatic hydroxyl groups is 1. The fourth-order valence-electron chi connectivity index (χ4n) is 4.66. The molecule has 3 aromatic rings. The Balaban J connectivity index is 1.51. The Bertz CT molecular complexity index is 1060. The van der Waals surface area contributed by atoms with Gasteiger partial charge in [-0.3, -0.25) is 4.98 Å². The van der Waals surface area contributed by atoms with Gasteiger partial charge in [0.25, 0.3) is 0 Å². The highest BCUT2D eigenvalue weighted by atomic mass is 16.5. The normalized spacial score (nSPS) is 18.0. The maximum atomic E-state index is 10.6. The third-order valence-corrected chi connectivity index (χ3v) is 5.58. The number of rotatable bonds is 4. The van der Waals surface area contributed by atoms with Gasteiger partial charge in [0, 0.05) is 47.4 Å². The van der Waals surface area contributed by atoms with Crippen molar-refractivity contribution in [3.63, 3.8) is 0 Å². The highest BCUT2D eigenvalue weighted by Gasteiger charge is 2.38. The fraction of sp³-hybridized carbons (Fsp3) is 0.400. The average Bonchev–Trinajstić information content (AvgIpc) is 2.66. The van der Waals surface area contributed by atoms with Gasteiger partial charge in [0.05, 0.1) is 5.69 Å². The summed E-state index contributed by atoms with van der Waals surface area (Å²) in [7, 11) is 0. The molecule has 0 bridgehead atoms. The summed E-state index contributed by atoms with van der Waals surface area (Å²) in [6.45, 7) is 10.7. The molecular formula is C25H30N4O2. The van der Waals surface area contributed by atoms with Crippen molar-refractivity contribution >= 4 is 0 Å². The quantitative estimate of drug-likeness (QED) is 0.627. The van der Waals surface area contributed by atoms with Crippen LogP contribution in [0.15, 0.2) is 48.7 Å². The van der Waals surface area contributed by atoms with Gasteiger partial charge in [0.15, 0.2) is 0 Å². The predicted octanol–water partition coefficient (Wildman–Crippen LogP) is 4.91. The SMILES string of the molecule is Cc1cc(-c2ccc(-c3ccc(OC4CC(C)(C)NC(C)(C)C4)nn3)c(O)c2)ccn1. The molecule has 3 heterocycles. The van der Waals surface area contributed by atoms with Crippen LogP contribution in [0.25, 0.3) is 22.4 Å². The summed E-state index contributed by atoms with van der Waals surface area (Å²) < 4.78 is 6.15. The first kappa shape index (κ1) is 21.2. The van der Waals surface area contributed by atoms with E-state index in [0.717, 1.165) is 29.7 Å². The molecule has 1 saturated heterocycles. The number of nitrogens with one attached hydrogen (secondary N) is 1. The minimum Gasteiger partial charge on any atom is -0.507 e. The van der Waals surface area contributed by atoms with E-state index in [0.29, 0.717) is 17.1 Å². The van der Waals surface area contributed by atoms with Crippen LogP contribution in [0.5, 0.6) is 11.6 Å². The zero-order valence-corrected chi connectivity index (χ0v) is 18.8. The Hall–Kier alpha value is -2.99. The zero-order chi connectivity index (χ0) is 22.2. The van der Waals surface area contributed by atoms with Crippen LogP contribution < -0.4 is 10.1 Å². The van der Waals surface area contributed by atoms with Gasteiger partial charge in [-0.05, 0) is 76.1 Å². The average molecular weight is 419 g/mol. The van der Waals surface area contributed by atoms with E-state index in [-0.39, 0.29) is 22.9 Å². The molecule has 2 aromatic heterocycles. The molecule has 162 valence electrons. The minimum absolute atomic E-state index is 0.000672. The van der Waals surface area contributed by atoms with E-state index >= 15 is 0 Å². The number of phenols is 1. The minimum atomic E-state index is 0.000672. The van der Waals surface area contributed by atoms with E-state index in [2.05, 4.69) is 48.2 Å². The molecule has 0 unspecified atom stereocenters. The lowest BCUT2D eigenvalue weighted by atomic mass is 9.81. The number of hydrogen-bond acceptors (Lipinski definition) is 6. The summed E-state index contributed by atoms with van der Waals surface area (Å²) in [5, 5.41) is 22.8. The van der Waals surface area contributed by atoms with E-state index in [1.54, 1.807) is 12.3 Å². The number of hydrogen-bond donors (Lipinski definition) is 2. The Morgan fingerprint density at radius 1 is 0.935 bits per heavy atom. The van der Waals surface area contributed by atoms with Gasteiger partial charge in [-0.15, -0.1) is 10.2 Å². The summed E-state index contributed by atoms with van der Waals surface area (Å²) >= 11 is 0. The third kappa shape index (κ3) is 5.02. The van der Waals surface area contributed by atoms with Crippen molar-refractivity contribution in [2.75, 3.05) is 0 Å². The number of pyridine rings is 1. The van der Waals surface area contributed by atoms with Gasteiger partial charge < -0.3 is 15.2 Å². The molecule has 0 atom stereocenters. The topological polar surface area (TPSA) is 80.2 Å². The first-order valence-electron chi connectivity index (χ1n) is 10.7. The van der Waals surface area contributed by atoms with Crippen molar-refractivity contribution in [1.29, 1.82) is 0 Å². The third-order valence-electron chi connectivity index (χ3n) is 5.58. The van der Waals surface area contributed by atoms with E-state index in [9.17, 15) is 5.11 Å². The molecule has 0 aliphatic carbocycles. The summed E-state index contributed by atoms with van der Waals surface area (Å²) in [4.78, 5) is 4.22. The smallest absolute Gasteiger partial charge is 0.233 e. The Morgan fingerprint density at radius 2 is 1.65 bits per heavy atom. The fourth-order valence-corrected chi connectivity index (χ4v) is 4.66. The Morgan fingerprint density at radius 3 is 2.26 bits per heavy atom. The maximum Gasteiger partial charge on any atom is 0.233 e. The number of ether oxygens (including phenoxy) is 1. The molecule has 0 amide bonds. The number of phenolic OH excluding ortho intramolecular Hbond substituents is 1. The Kier molecular flexibility index (Phi) is 5.43. The summed E-state index contributed by atoms with van der Waals surface area (Å²) in [5.74, 6) is 0.669. The lowest BCUT2D eigenvalue weighted by Gasteiger charge is -2.46. The van der Waals surface area contributed by atoms with Crippen LogP contribution in [0.2, 0.25) is 0 Å². The number of nitrogens with zero attached hydrogens (tertiary/aromatic N) is 3. The summed E-state index contributed by atoms with van der Waals surface area (Å²) in [6, 6.07) is 13.2. The van der Waals surface area contributed by atoms with Crippen molar-refractivity contribution < 1.29 is 9.84 Å². The second-order valence-electron chi connectivity index (χ2n) is 9.72. The molecular weight excluding hydrogens is 388 g/mol. The molecule has 1 aliphatic rings. The van der Waals surface area contributed by atoms with Gasteiger partial charge in [-0.2, -0.15) is 0 Å². The van der Waals surface area contributed by atoms with E-state index in [1.165, 1.54) is 0 Å². The monoisotopic (exact) mass is 418 g/mol. The van der Waals surface area contributed by atoms with E-state index in [4.69, 9.17) is 4.74 Å². The molecule has 2 N–H and O–H groups in total. The van der Waals surface area contributed by atoms with Crippen LogP contribution in [-0.2, 0) is 0 Å². The number of aryl methyl sites for hydroxylation is 1. The van der Waals surface area contributed by atoms with E-state index < -0.39 is 0 Å². The van der Waals surface area contributed by atoms with Crippen LogP contribution >= 0.6 is 0 Å². The molecule has 1 aromatic carbocycles. The number of piperidine rings is 1. The molecule has 1 fully saturated rings. The maximum absolute atomic E-state index is 10.6. The molecule has 4 rings (SSSR count). The molecule has 6 nitrogen and oxygen atoms in total. The highest BCUT2D eigenvalue weighted by Crippen LogP contribution is 2.34. The number of benzene rings is 1. The van der Waals surface area contributed by atoms with Crippen LogP contribution in [0, 0.1) is 6.92 Å². The van der Waals surface area contributed by atoms with Crippen molar-refractivity contribution in [2.24, 2.45) is 0 Å².